The molecule has 3 nitrogen and oxygen atoms in total. The lowest BCUT2D eigenvalue weighted by Gasteiger charge is -2.24. The summed E-state index contributed by atoms with van der Waals surface area (Å²) in [7, 11) is 0. The van der Waals surface area contributed by atoms with E-state index in [4.69, 9.17) is 9.88 Å². The second-order valence-corrected chi connectivity index (χ2v) is 2.72. The number of benzene rings is 1. The molecule has 64 valence electrons. The van der Waals surface area contributed by atoms with Crippen LogP contribution in [0, 0.1) is 0 Å². The summed E-state index contributed by atoms with van der Waals surface area (Å²) in [6.45, 7) is 3.65. The molecule has 2 rings (SSSR count). The number of para-hydroxylation sites is 1. The van der Waals surface area contributed by atoms with Crippen molar-refractivity contribution in [3.63, 3.8) is 0 Å². The molecule has 0 saturated carbocycles. The number of nitrogens with zero attached hydrogens (tertiary/aromatic N) is 1. The summed E-state index contributed by atoms with van der Waals surface area (Å²) in [6, 6.07) is 7.88. The van der Waals surface area contributed by atoms with Crippen LogP contribution in [-0.4, -0.2) is 11.6 Å². The maximum Gasteiger partial charge on any atom is 0.172 e. The molecule has 0 aliphatic carbocycles. The van der Waals surface area contributed by atoms with Crippen molar-refractivity contribution >= 4 is 0 Å². The van der Waals surface area contributed by atoms with Crippen molar-refractivity contribution < 1.29 is 9.88 Å². The summed E-state index contributed by atoms with van der Waals surface area (Å²) in [5.74, 6) is 0.821. The van der Waals surface area contributed by atoms with Gasteiger partial charge in [0.2, 0.25) is 0 Å². The molecule has 0 amide bonds. The first kappa shape index (κ1) is 7.58. The van der Waals surface area contributed by atoms with Crippen LogP contribution >= 0.6 is 0 Å². The summed E-state index contributed by atoms with van der Waals surface area (Å²) in [5.41, 5.74) is 1.17. The van der Waals surface area contributed by atoms with E-state index in [1.807, 2.05) is 31.2 Å². The number of fused-ring (bicyclic) bond motifs is 1. The fraction of sp³-hybridized carbons (Fsp3) is 0.333. The number of hydroxylamine groups is 2. The van der Waals surface area contributed by atoms with Gasteiger partial charge in [0.1, 0.15) is 0 Å². The number of rotatable bonds is 1. The molecule has 1 heterocycles. The van der Waals surface area contributed by atoms with Crippen LogP contribution in [0.5, 0.6) is 5.75 Å². The van der Waals surface area contributed by atoms with Gasteiger partial charge in [0.05, 0.1) is 6.54 Å². The van der Waals surface area contributed by atoms with E-state index >= 15 is 0 Å². The Balaban J connectivity index is 2.23. The molecule has 1 aromatic carbocycles. The normalized spacial score (nSPS) is 16.8. The highest BCUT2D eigenvalue weighted by Gasteiger charge is 2.16. The van der Waals surface area contributed by atoms with Crippen LogP contribution in [0.2, 0.25) is 0 Å². The van der Waals surface area contributed by atoms with Gasteiger partial charge in [0.15, 0.2) is 5.75 Å². The van der Waals surface area contributed by atoms with E-state index in [1.165, 1.54) is 5.56 Å². The fourth-order valence-corrected chi connectivity index (χ4v) is 1.19. The van der Waals surface area contributed by atoms with Crippen LogP contribution in [0.4, 0.5) is 0 Å². The molecule has 1 aromatic rings. The molecule has 0 fully saturated rings. The second kappa shape index (κ2) is 3.13. The van der Waals surface area contributed by atoms with Crippen LogP contribution in [0.1, 0.15) is 12.5 Å². The Morgan fingerprint density at radius 1 is 1.42 bits per heavy atom. The highest BCUT2D eigenvalue weighted by atomic mass is 17.3. The van der Waals surface area contributed by atoms with Crippen LogP contribution < -0.4 is 4.89 Å². The Labute approximate surface area is 71.4 Å². The minimum absolute atomic E-state index is 0.798. The van der Waals surface area contributed by atoms with E-state index in [0.717, 1.165) is 18.8 Å². The lowest BCUT2D eigenvalue weighted by molar-refractivity contribution is -0.381. The minimum Gasteiger partial charge on any atom is -0.319 e. The van der Waals surface area contributed by atoms with Gasteiger partial charge in [-0.2, -0.15) is 0 Å². The standard InChI is InChI=1S/C9H11NO2/c1-2-10-7-8-5-3-4-6-9(8)11-12-10/h3-6H,2,7H2,1H3. The second-order valence-electron chi connectivity index (χ2n) is 2.72. The average Bonchev–Trinajstić information content (AvgIpc) is 2.17. The lowest BCUT2D eigenvalue weighted by Crippen LogP contribution is -2.29. The molecule has 0 unspecified atom stereocenters. The van der Waals surface area contributed by atoms with E-state index in [-0.39, 0.29) is 0 Å². The van der Waals surface area contributed by atoms with Crippen molar-refractivity contribution in [1.29, 1.82) is 0 Å². The monoisotopic (exact) mass is 165 g/mol. The van der Waals surface area contributed by atoms with Gasteiger partial charge in [0.25, 0.3) is 0 Å². The van der Waals surface area contributed by atoms with E-state index in [0.29, 0.717) is 0 Å². The van der Waals surface area contributed by atoms with Crippen LogP contribution in [-0.2, 0) is 11.5 Å². The molecular weight excluding hydrogens is 154 g/mol. The predicted octanol–water partition coefficient (Wildman–Crippen LogP) is 1.75. The maximum atomic E-state index is 5.05. The van der Waals surface area contributed by atoms with Crippen LogP contribution in [0.25, 0.3) is 0 Å². The average molecular weight is 165 g/mol. The third-order valence-corrected chi connectivity index (χ3v) is 1.90. The molecule has 12 heavy (non-hydrogen) atoms. The highest BCUT2D eigenvalue weighted by Crippen LogP contribution is 2.24. The smallest absolute Gasteiger partial charge is 0.172 e. The summed E-state index contributed by atoms with van der Waals surface area (Å²) in [6.07, 6.45) is 0. The van der Waals surface area contributed by atoms with Gasteiger partial charge in [-0.05, 0) is 13.0 Å². The van der Waals surface area contributed by atoms with E-state index in [9.17, 15) is 0 Å². The van der Waals surface area contributed by atoms with Crippen molar-refractivity contribution in [3.05, 3.63) is 29.8 Å². The third-order valence-electron chi connectivity index (χ3n) is 1.90. The Morgan fingerprint density at radius 2 is 2.25 bits per heavy atom. The molecule has 0 spiro atoms. The summed E-state index contributed by atoms with van der Waals surface area (Å²) in [5, 5.41) is 1.77. The Bertz CT molecular complexity index is 275. The summed E-state index contributed by atoms with van der Waals surface area (Å²) >= 11 is 0. The van der Waals surface area contributed by atoms with E-state index in [2.05, 4.69) is 0 Å². The molecule has 0 aromatic heterocycles. The zero-order valence-electron chi connectivity index (χ0n) is 6.99. The Morgan fingerprint density at radius 3 is 3.08 bits per heavy atom. The van der Waals surface area contributed by atoms with Gasteiger partial charge in [-0.3, -0.25) is 0 Å². The first-order valence-corrected chi connectivity index (χ1v) is 4.07. The molecule has 0 N–H and O–H groups in total. The van der Waals surface area contributed by atoms with Gasteiger partial charge in [-0.15, -0.1) is 5.06 Å². The van der Waals surface area contributed by atoms with Crippen molar-refractivity contribution in [2.75, 3.05) is 6.54 Å². The van der Waals surface area contributed by atoms with Gasteiger partial charge in [-0.25, -0.2) is 0 Å². The molecule has 0 atom stereocenters. The van der Waals surface area contributed by atoms with Gasteiger partial charge >= 0.3 is 0 Å². The molecule has 3 heteroatoms. The number of hydrogen-bond donors (Lipinski definition) is 0. The minimum atomic E-state index is 0.798. The first-order chi connectivity index (χ1) is 5.90. The molecule has 1 aliphatic rings. The van der Waals surface area contributed by atoms with Gasteiger partial charge in [0, 0.05) is 12.1 Å². The largest absolute Gasteiger partial charge is 0.319 e. The maximum absolute atomic E-state index is 5.05. The van der Waals surface area contributed by atoms with E-state index < -0.39 is 0 Å². The third kappa shape index (κ3) is 1.29. The van der Waals surface area contributed by atoms with Crippen molar-refractivity contribution in [1.82, 2.24) is 5.06 Å². The first-order valence-electron chi connectivity index (χ1n) is 4.07. The molecular formula is C9H11NO2. The Hall–Kier alpha value is -1.06. The Kier molecular flexibility index (Phi) is 1.98. The van der Waals surface area contributed by atoms with Crippen molar-refractivity contribution in [2.45, 2.75) is 13.5 Å². The topological polar surface area (TPSA) is 21.7 Å². The summed E-state index contributed by atoms with van der Waals surface area (Å²) < 4.78 is 0. The van der Waals surface area contributed by atoms with Gasteiger partial charge in [-0.1, -0.05) is 23.2 Å². The number of hydrogen-bond acceptors (Lipinski definition) is 3. The zero-order chi connectivity index (χ0) is 8.39. The quantitative estimate of drug-likeness (QED) is 0.592. The molecule has 0 radical (unpaired) electrons. The molecule has 0 saturated heterocycles. The van der Waals surface area contributed by atoms with Gasteiger partial charge < -0.3 is 4.89 Å². The van der Waals surface area contributed by atoms with E-state index in [1.54, 1.807) is 5.06 Å². The molecule has 0 bridgehead atoms. The van der Waals surface area contributed by atoms with Crippen LogP contribution in [0.15, 0.2) is 24.3 Å². The van der Waals surface area contributed by atoms with Crippen LogP contribution in [0.3, 0.4) is 0 Å². The summed E-state index contributed by atoms with van der Waals surface area (Å²) in [4.78, 5) is 10.0. The highest BCUT2D eigenvalue weighted by molar-refractivity contribution is 5.33. The zero-order valence-corrected chi connectivity index (χ0v) is 6.99. The fourth-order valence-electron chi connectivity index (χ4n) is 1.19. The molecule has 1 aliphatic heterocycles. The predicted molar refractivity (Wildman–Crippen MR) is 44.2 cm³/mol. The van der Waals surface area contributed by atoms with Crippen molar-refractivity contribution in [3.8, 4) is 5.75 Å². The van der Waals surface area contributed by atoms with Crippen molar-refractivity contribution in [2.24, 2.45) is 0 Å². The lowest BCUT2D eigenvalue weighted by atomic mass is 10.2. The SMILES string of the molecule is CCN1Cc2ccccc2OO1.